The Morgan fingerprint density at radius 1 is 0.821 bits per heavy atom. The molecule has 7 heteroatoms. The number of anilines is 1. The van der Waals surface area contributed by atoms with E-state index in [0.717, 1.165) is 39.6 Å². The fourth-order valence-electron chi connectivity index (χ4n) is 4.79. The first kappa shape index (κ1) is 26.0. The maximum absolute atomic E-state index is 13.8. The van der Waals surface area contributed by atoms with Gasteiger partial charge in [-0.15, -0.1) is 0 Å². The summed E-state index contributed by atoms with van der Waals surface area (Å²) < 4.78 is 41.5. The molecule has 0 radical (unpaired) electrons. The molecule has 0 saturated carbocycles. The molecule has 4 aromatic carbocycles. The van der Waals surface area contributed by atoms with Gasteiger partial charge in [-0.3, -0.25) is 9.78 Å². The Morgan fingerprint density at radius 2 is 1.54 bits per heavy atom. The highest BCUT2D eigenvalue weighted by Crippen LogP contribution is 2.39. The first-order valence-corrected chi connectivity index (χ1v) is 12.4. The normalized spacial score (nSPS) is 11.5. The summed E-state index contributed by atoms with van der Waals surface area (Å²) in [6.07, 6.45) is -2.51. The van der Waals surface area contributed by atoms with Gasteiger partial charge in [0, 0.05) is 23.8 Å². The van der Waals surface area contributed by atoms with Crippen LogP contribution in [0.5, 0.6) is 0 Å². The lowest BCUT2D eigenvalue weighted by Gasteiger charge is -2.17. The molecule has 0 spiro atoms. The van der Waals surface area contributed by atoms with Gasteiger partial charge in [0.1, 0.15) is 0 Å². The second kappa shape index (κ2) is 11.0. The van der Waals surface area contributed by atoms with Gasteiger partial charge in [0.25, 0.3) is 0 Å². The molecule has 0 amide bonds. The Bertz CT molecular complexity index is 1630. The van der Waals surface area contributed by atoms with Crippen molar-refractivity contribution in [1.29, 1.82) is 0 Å². The first-order valence-electron chi connectivity index (χ1n) is 12.4. The van der Waals surface area contributed by atoms with E-state index in [0.29, 0.717) is 23.9 Å². The highest BCUT2D eigenvalue weighted by molar-refractivity contribution is 5.98. The van der Waals surface area contributed by atoms with E-state index in [2.05, 4.69) is 10.3 Å². The number of alkyl halides is 3. The summed E-state index contributed by atoms with van der Waals surface area (Å²) in [7, 11) is 0. The standard InChI is InChI=1S/C32H25F3N2O2/c33-32(34,35)28-14-6-13-27-30(25(20-37-31(27)28)15-21-7-2-1-3-8-21)24-11-4-10-23(16-24)19-36-26-12-5-9-22(17-26)18-29(38)39/h1-14,16-17,20,36H,15,18-19H2,(H,38,39). The zero-order valence-corrected chi connectivity index (χ0v) is 20.9. The van der Waals surface area contributed by atoms with Crippen LogP contribution in [0.2, 0.25) is 0 Å². The molecular weight excluding hydrogens is 501 g/mol. The summed E-state index contributed by atoms with van der Waals surface area (Å²) in [4.78, 5) is 15.3. The molecule has 1 heterocycles. The topological polar surface area (TPSA) is 62.2 Å². The molecule has 0 bridgehead atoms. The fraction of sp³-hybridized carbons (Fsp3) is 0.125. The molecule has 0 atom stereocenters. The Balaban J connectivity index is 1.54. The van der Waals surface area contributed by atoms with Gasteiger partial charge >= 0.3 is 12.1 Å². The van der Waals surface area contributed by atoms with E-state index >= 15 is 0 Å². The van der Waals surface area contributed by atoms with Crippen molar-refractivity contribution in [3.63, 3.8) is 0 Å². The number of rotatable bonds is 8. The molecule has 2 N–H and O–H groups in total. The fourth-order valence-corrected chi connectivity index (χ4v) is 4.79. The number of aliphatic carboxylic acids is 1. The number of carboxylic acid groups (broad SMARTS) is 1. The zero-order valence-electron chi connectivity index (χ0n) is 20.9. The molecule has 1 aromatic heterocycles. The van der Waals surface area contributed by atoms with Crippen LogP contribution in [-0.4, -0.2) is 16.1 Å². The van der Waals surface area contributed by atoms with E-state index in [9.17, 15) is 18.0 Å². The second-order valence-corrected chi connectivity index (χ2v) is 9.35. The van der Waals surface area contributed by atoms with Crippen molar-refractivity contribution in [3.05, 3.63) is 131 Å². The van der Waals surface area contributed by atoms with Crippen molar-refractivity contribution in [1.82, 2.24) is 4.98 Å². The van der Waals surface area contributed by atoms with E-state index < -0.39 is 17.7 Å². The van der Waals surface area contributed by atoms with Gasteiger partial charge in [-0.2, -0.15) is 13.2 Å². The highest BCUT2D eigenvalue weighted by Gasteiger charge is 2.33. The van der Waals surface area contributed by atoms with Crippen LogP contribution in [0.4, 0.5) is 18.9 Å². The number of hydrogen-bond acceptors (Lipinski definition) is 3. The molecule has 5 aromatic rings. The molecule has 5 rings (SSSR count). The minimum absolute atomic E-state index is 0.0653. The highest BCUT2D eigenvalue weighted by atomic mass is 19.4. The first-order chi connectivity index (χ1) is 18.8. The van der Waals surface area contributed by atoms with Crippen LogP contribution in [0.25, 0.3) is 22.0 Å². The summed E-state index contributed by atoms with van der Waals surface area (Å²) in [6.45, 7) is 0.454. The van der Waals surface area contributed by atoms with Gasteiger partial charge < -0.3 is 10.4 Å². The summed E-state index contributed by atoms with van der Waals surface area (Å²) in [5.74, 6) is -0.899. The third-order valence-electron chi connectivity index (χ3n) is 6.51. The number of aromatic nitrogens is 1. The predicted octanol–water partition coefficient (Wildman–Crippen LogP) is 7.75. The van der Waals surface area contributed by atoms with Gasteiger partial charge in [0.2, 0.25) is 0 Å². The summed E-state index contributed by atoms with van der Waals surface area (Å²) in [5, 5.41) is 12.8. The maximum Gasteiger partial charge on any atom is 0.418 e. The summed E-state index contributed by atoms with van der Waals surface area (Å²) >= 11 is 0. The Morgan fingerprint density at radius 3 is 2.31 bits per heavy atom. The lowest BCUT2D eigenvalue weighted by atomic mass is 9.91. The number of carbonyl (C=O) groups is 1. The number of hydrogen-bond donors (Lipinski definition) is 2. The average molecular weight is 527 g/mol. The molecule has 0 aliphatic heterocycles. The van der Waals surface area contributed by atoms with E-state index in [1.807, 2.05) is 60.7 Å². The summed E-state index contributed by atoms with van der Waals surface area (Å²) in [6, 6.07) is 28.9. The maximum atomic E-state index is 13.8. The van der Waals surface area contributed by atoms with Gasteiger partial charge in [0.15, 0.2) is 0 Å². The van der Waals surface area contributed by atoms with Gasteiger partial charge in [0.05, 0.1) is 17.5 Å². The smallest absolute Gasteiger partial charge is 0.418 e. The Labute approximate surface area is 223 Å². The predicted molar refractivity (Wildman–Crippen MR) is 147 cm³/mol. The second-order valence-electron chi connectivity index (χ2n) is 9.35. The third kappa shape index (κ3) is 6.09. The van der Waals surface area contributed by atoms with Gasteiger partial charge in [-0.1, -0.05) is 72.8 Å². The molecule has 0 fully saturated rings. The van der Waals surface area contributed by atoms with Crippen LogP contribution in [0.15, 0.2) is 103 Å². The van der Waals surface area contributed by atoms with Crippen molar-refractivity contribution in [3.8, 4) is 11.1 Å². The number of pyridine rings is 1. The third-order valence-corrected chi connectivity index (χ3v) is 6.51. The van der Waals surface area contributed by atoms with Crippen molar-refractivity contribution >= 4 is 22.6 Å². The number of fused-ring (bicyclic) bond motifs is 1. The Hall–Kier alpha value is -4.65. The number of halogens is 3. The van der Waals surface area contributed by atoms with Gasteiger partial charge in [-0.25, -0.2) is 0 Å². The number of carboxylic acids is 1. The number of nitrogens with zero attached hydrogens (tertiary/aromatic N) is 1. The molecule has 39 heavy (non-hydrogen) atoms. The van der Waals surface area contributed by atoms with Crippen LogP contribution >= 0.6 is 0 Å². The Kier molecular flexibility index (Phi) is 7.32. The minimum atomic E-state index is -4.52. The van der Waals surface area contributed by atoms with Crippen LogP contribution in [0.3, 0.4) is 0 Å². The van der Waals surface area contributed by atoms with Crippen molar-refractivity contribution in [2.75, 3.05) is 5.32 Å². The lowest BCUT2D eigenvalue weighted by Crippen LogP contribution is -2.07. The number of nitrogens with one attached hydrogen (secondary N) is 1. The SMILES string of the molecule is O=C(O)Cc1cccc(NCc2cccc(-c3c(Cc4ccccc4)cnc4c(C(F)(F)F)cccc34)c2)c1. The van der Waals surface area contributed by atoms with E-state index in [-0.39, 0.29) is 11.9 Å². The van der Waals surface area contributed by atoms with Crippen LogP contribution in [0, 0.1) is 0 Å². The average Bonchev–Trinajstić information content (AvgIpc) is 2.91. The lowest BCUT2D eigenvalue weighted by molar-refractivity contribution is -0.137. The van der Waals surface area contributed by atoms with E-state index in [1.165, 1.54) is 6.07 Å². The number of benzene rings is 4. The summed E-state index contributed by atoms with van der Waals surface area (Å²) in [5.41, 5.74) is 4.96. The van der Waals surface area contributed by atoms with E-state index in [1.54, 1.807) is 30.5 Å². The van der Waals surface area contributed by atoms with Crippen LogP contribution in [0.1, 0.15) is 27.8 Å². The molecular formula is C32H25F3N2O2. The monoisotopic (exact) mass is 526 g/mol. The van der Waals surface area contributed by atoms with Crippen LogP contribution < -0.4 is 5.32 Å². The molecule has 0 aliphatic rings. The quantitative estimate of drug-likeness (QED) is 0.217. The molecule has 0 aliphatic carbocycles. The largest absolute Gasteiger partial charge is 0.481 e. The van der Waals surface area contributed by atoms with Crippen molar-refractivity contribution in [2.45, 2.75) is 25.6 Å². The molecule has 196 valence electrons. The van der Waals surface area contributed by atoms with Crippen molar-refractivity contribution < 1.29 is 23.1 Å². The van der Waals surface area contributed by atoms with E-state index in [4.69, 9.17) is 5.11 Å². The molecule has 4 nitrogen and oxygen atoms in total. The van der Waals surface area contributed by atoms with Crippen LogP contribution in [-0.2, 0) is 30.4 Å². The van der Waals surface area contributed by atoms with Gasteiger partial charge in [-0.05, 0) is 64.1 Å². The number of para-hydroxylation sites is 1. The zero-order chi connectivity index (χ0) is 27.4. The van der Waals surface area contributed by atoms with Crippen molar-refractivity contribution in [2.24, 2.45) is 0 Å². The molecule has 0 saturated heterocycles. The molecule has 0 unspecified atom stereocenters. The minimum Gasteiger partial charge on any atom is -0.481 e.